The molecule has 10 nitrogen and oxygen atoms in total. The zero-order valence-corrected chi connectivity index (χ0v) is 105. The Morgan fingerprint density at radius 2 is 0.397 bits per heavy atom. The number of hydrogen-bond acceptors (Lipinski definition) is 10. The molecule has 0 amide bonds. The Labute approximate surface area is 777 Å². The third-order valence-electron chi connectivity index (χ3n) is 23.9. The summed E-state index contributed by atoms with van der Waals surface area (Å²) in [5.41, 5.74) is 0. The van der Waals surface area contributed by atoms with Crippen LogP contribution in [0.3, 0.4) is 0 Å². The third-order valence-corrected chi connectivity index (χ3v) is 91.8. The predicted octanol–water partition coefficient (Wildman–Crippen LogP) is 33.5. The van der Waals surface area contributed by atoms with Crippen LogP contribution in [0, 0.1) is 0 Å². The lowest BCUT2D eigenvalue weighted by Gasteiger charge is -2.50. The highest BCUT2D eigenvalue weighted by Gasteiger charge is 2.58. The second-order valence-electron chi connectivity index (χ2n) is 40.7. The highest BCUT2D eigenvalue weighted by molar-refractivity contribution is 6.96. The van der Waals surface area contributed by atoms with Gasteiger partial charge in [-0.2, -0.15) is 0 Å². The van der Waals surface area contributed by atoms with Crippen molar-refractivity contribution in [3.05, 3.63) is 101 Å². The van der Waals surface area contributed by atoms with Crippen LogP contribution in [0.15, 0.2) is 101 Å². The molecule has 2 saturated heterocycles. The molecule has 4 unspecified atom stereocenters. The van der Waals surface area contributed by atoms with Gasteiger partial charge in [-0.05, 0) is 177 Å². The molecule has 121 heavy (non-hydrogen) atoms. The Kier molecular flexibility index (Phi) is 72.1. The van der Waals surface area contributed by atoms with Gasteiger partial charge in [0.05, 0.1) is 32.3 Å². The third kappa shape index (κ3) is 57.5. The molecular formula is C95H214O10Si16. The highest BCUT2D eigenvalue weighted by atomic mass is 28.5. The van der Waals surface area contributed by atoms with Crippen LogP contribution in [0.4, 0.5) is 0 Å². The van der Waals surface area contributed by atoms with Gasteiger partial charge in [0.15, 0.2) is 33.3 Å². The van der Waals surface area contributed by atoms with Crippen molar-refractivity contribution in [3.63, 3.8) is 0 Å². The molecule has 0 bridgehead atoms. The van der Waals surface area contributed by atoms with Crippen LogP contribution in [0.1, 0.15) is 233 Å². The van der Waals surface area contributed by atoms with Crippen molar-refractivity contribution in [1.29, 1.82) is 0 Å². The monoisotopic (exact) mass is 1960 g/mol. The number of hydrogen-bond donors (Lipinski definition) is 0. The Morgan fingerprint density at radius 1 is 0.215 bits per heavy atom. The maximum atomic E-state index is 6.97. The topological polar surface area (TPSA) is 92.3 Å². The summed E-state index contributed by atoms with van der Waals surface area (Å²) in [7, 11) is -28.0. The first-order valence-electron chi connectivity index (χ1n) is 49.2. The van der Waals surface area contributed by atoms with Crippen molar-refractivity contribution in [2.75, 3.05) is 0 Å². The van der Waals surface area contributed by atoms with Gasteiger partial charge in [-0.3, -0.25) is 0 Å². The Morgan fingerprint density at radius 3 is 0.587 bits per heavy atom. The molecule has 2 heterocycles. The van der Waals surface area contributed by atoms with Crippen LogP contribution in [0.5, 0.6) is 0 Å². The molecule has 0 N–H and O–H groups in total. The van der Waals surface area contributed by atoms with Crippen molar-refractivity contribution in [1.82, 2.24) is 0 Å². The Balaban J connectivity index is -0.000000326. The van der Waals surface area contributed by atoms with Crippen LogP contribution in [0.2, 0.25) is 254 Å². The minimum absolute atomic E-state index is 0.963. The number of benzene rings is 2. The van der Waals surface area contributed by atoms with Gasteiger partial charge in [0.25, 0.3) is 0 Å². The molecule has 0 aliphatic carbocycles. The summed E-state index contributed by atoms with van der Waals surface area (Å²) < 4.78 is 67.8. The molecule has 4 rings (SSSR count). The maximum Gasteiger partial charge on any atom is 0.317 e. The second-order valence-corrected chi connectivity index (χ2v) is 107. The van der Waals surface area contributed by atoms with Crippen LogP contribution in [-0.2, 0) is 41.2 Å². The molecule has 26 heteroatoms. The van der Waals surface area contributed by atoms with E-state index in [4.69, 9.17) is 41.2 Å². The standard InChI is InChI=1S/C18H44O4Si4.C16H30Si2.C15H38O4Si4.C15H28Si2.C12H30OSi2.C11H28OSi2.4C2H4/c1-9-13-16-24(6)19-23(5,12-4)20-25(7,17-14-10-2)22-26(8,21-24)18-15-11-3;1-7-9-14-18(5,6)16-12-10-15(11-13-16)17(3,4)8-2;1-9-13-21(6)16-20(5,12-4)17-22(7,14-10-2)19-23(8,18-21)15-11-3;1-7-13-17(5,6)15-11-9-14(10-12-15)16(3,4)8-2;1-7-9-11-14(3,4)13-15(5,6)12-10-8-2;1-7-9-11-14(5,6)12-13(3,4)10-8-2;4*1-2/h9-18H2,1-8H3;10-13H,7-9,14H2,1-6H3;9-15H2,1-8H3;9-12H,7-8,13H2,1-6H3;7-12H2,1-6H3;7-11H2,1-6H3;4*1-2H2. The molecule has 718 valence electrons. The SMILES string of the molecule is C=C.C=C.C=C.C=C.CCCC[Si](C)(C)O[Si](C)(C)CCC.CCCC[Si](C)(C)O[Si](C)(C)CCCC.CCCC[Si](C)(C)c1ccc([Si](C)(C)CC)cc1.CCCC[Si]1(C)O[Si](C)(CC)O[Si](C)(CCCC)O[Si](C)(CCCC)O1.CCC[Si](C)(C)c1ccc([Si](C)(C)CC)cc1.CCC[Si]1(C)O[Si](C)(CC)O[Si](C)(CCC)O[Si](C)(CCC)O1. The Bertz CT molecular complexity index is 2780. The van der Waals surface area contributed by atoms with E-state index in [9.17, 15) is 0 Å². The molecule has 2 aromatic rings. The van der Waals surface area contributed by atoms with Crippen LogP contribution >= 0.6 is 0 Å². The summed E-state index contributed by atoms with van der Waals surface area (Å²) in [5.74, 6) is 0. The van der Waals surface area contributed by atoms with Crippen molar-refractivity contribution in [3.8, 4) is 0 Å². The van der Waals surface area contributed by atoms with Gasteiger partial charge in [-0.15, -0.1) is 52.6 Å². The molecule has 2 aliphatic heterocycles. The smallest absolute Gasteiger partial charge is 0.317 e. The summed E-state index contributed by atoms with van der Waals surface area (Å²) in [6.45, 7) is 117. The number of rotatable bonds is 43. The summed E-state index contributed by atoms with van der Waals surface area (Å²) >= 11 is 0. The van der Waals surface area contributed by atoms with Crippen molar-refractivity contribution in [2.24, 2.45) is 0 Å². The van der Waals surface area contributed by atoms with Crippen LogP contribution in [-0.4, -0.2) is 134 Å². The normalized spacial score (nSPS) is 23.4. The molecule has 2 aliphatic rings. The van der Waals surface area contributed by atoms with E-state index in [0.717, 1.165) is 67.6 Å². The fourth-order valence-corrected chi connectivity index (χ4v) is 89.4. The summed E-state index contributed by atoms with van der Waals surface area (Å²) in [5, 5.41) is 6.50. The minimum atomic E-state index is -2.29. The Hall–Kier alpha value is 0.470. The van der Waals surface area contributed by atoms with E-state index in [1.165, 1.54) is 151 Å². The van der Waals surface area contributed by atoms with Gasteiger partial charge in [0, 0.05) is 0 Å². The van der Waals surface area contributed by atoms with Gasteiger partial charge < -0.3 is 41.2 Å². The molecule has 2 fully saturated rings. The van der Waals surface area contributed by atoms with Gasteiger partial charge >= 0.3 is 68.5 Å². The average Bonchev–Trinajstić information content (AvgIpc) is 0.773. The molecule has 0 spiro atoms. The van der Waals surface area contributed by atoms with Crippen molar-refractivity contribution >= 4 is 155 Å². The van der Waals surface area contributed by atoms with Gasteiger partial charge in [-0.1, -0.05) is 379 Å². The van der Waals surface area contributed by atoms with E-state index < -0.39 is 134 Å². The lowest BCUT2D eigenvalue weighted by molar-refractivity contribution is 0.219. The van der Waals surface area contributed by atoms with Crippen molar-refractivity contribution < 1.29 is 41.2 Å². The lowest BCUT2D eigenvalue weighted by Crippen LogP contribution is -2.67. The summed E-state index contributed by atoms with van der Waals surface area (Å²) in [6.07, 6.45) is 23.6. The minimum Gasteiger partial charge on any atom is -0.455 e. The first-order valence-corrected chi connectivity index (χ1v) is 94.7. The summed E-state index contributed by atoms with van der Waals surface area (Å²) in [6, 6.07) is 38.4. The van der Waals surface area contributed by atoms with E-state index in [-0.39, 0.29) is 0 Å². The zero-order valence-electron chi connectivity index (χ0n) is 89.1. The number of unbranched alkanes of at least 4 members (excludes halogenated alkanes) is 7. The largest absolute Gasteiger partial charge is 0.455 e. The molecule has 2 aromatic carbocycles. The fourth-order valence-electron chi connectivity index (χ4n) is 16.4. The highest BCUT2D eigenvalue weighted by Crippen LogP contribution is 2.41. The molecule has 0 aromatic heterocycles. The van der Waals surface area contributed by atoms with E-state index in [2.05, 4.69) is 369 Å². The van der Waals surface area contributed by atoms with Crippen molar-refractivity contribution in [2.45, 2.75) is 487 Å². The van der Waals surface area contributed by atoms with E-state index >= 15 is 0 Å². The molecule has 0 saturated carbocycles. The average molecular weight is 1970 g/mol. The van der Waals surface area contributed by atoms with Crippen LogP contribution in [0.25, 0.3) is 0 Å². The zero-order chi connectivity index (χ0) is 95.8. The van der Waals surface area contributed by atoms with Gasteiger partial charge in [0.2, 0.25) is 0 Å². The van der Waals surface area contributed by atoms with Gasteiger partial charge in [0.1, 0.15) is 0 Å². The quantitative estimate of drug-likeness (QED) is 0.0472. The molecular weight excluding hydrogens is 1750 g/mol. The van der Waals surface area contributed by atoms with E-state index in [0.29, 0.717) is 0 Å². The summed E-state index contributed by atoms with van der Waals surface area (Å²) in [4.78, 5) is 0. The maximum absolute atomic E-state index is 6.97. The van der Waals surface area contributed by atoms with Gasteiger partial charge in [-0.25, -0.2) is 0 Å². The predicted molar refractivity (Wildman–Crippen MR) is 596 cm³/mol. The van der Waals surface area contributed by atoms with E-state index in [1.54, 1.807) is 20.7 Å². The molecule has 4 atom stereocenters. The fraction of sp³-hybridized carbons (Fsp3) is 0.789. The second kappa shape index (κ2) is 65.9. The first-order chi connectivity index (χ1) is 56.0. The lowest BCUT2D eigenvalue weighted by atomic mass is 10.4. The molecule has 0 radical (unpaired) electrons. The van der Waals surface area contributed by atoms with Crippen LogP contribution < -0.4 is 20.7 Å². The first kappa shape index (κ1) is 132. The van der Waals surface area contributed by atoms with E-state index in [1.807, 2.05) is 0 Å².